The van der Waals surface area contributed by atoms with Crippen LogP contribution < -0.4 is 10.9 Å². The van der Waals surface area contributed by atoms with Crippen molar-refractivity contribution in [3.63, 3.8) is 0 Å². The molecule has 1 aliphatic carbocycles. The summed E-state index contributed by atoms with van der Waals surface area (Å²) in [6, 6.07) is 13.2. The minimum absolute atomic E-state index is 0.103. The van der Waals surface area contributed by atoms with Gasteiger partial charge in [0.2, 0.25) is 5.91 Å². The van der Waals surface area contributed by atoms with E-state index in [0.29, 0.717) is 41.8 Å². The van der Waals surface area contributed by atoms with E-state index in [1.807, 2.05) is 37.3 Å². The molecule has 5 rings (SSSR count). The first-order chi connectivity index (χ1) is 16.4. The van der Waals surface area contributed by atoms with Crippen molar-refractivity contribution in [2.75, 3.05) is 5.32 Å². The maximum atomic E-state index is 13.1. The summed E-state index contributed by atoms with van der Waals surface area (Å²) in [5.41, 5.74) is 4.13. The maximum absolute atomic E-state index is 13.1. The standard InChI is InChI=1S/C27H25N3O4/c1-16-6-8-17(9-7-16)14-18-12-13-30-24(18)29-23-15-19(10-11-22(23)26(30)32)28-25(31)20-4-2-3-5-21(20)27(33)34/h2-3,6-11,14-15,20-21H,4-5,12-13H2,1H3,(H,28,31)(H,33,34)/t20-,21+/m0/s1. The third-order valence-corrected chi connectivity index (χ3v) is 6.62. The average Bonchev–Trinajstić information content (AvgIpc) is 3.23. The number of benzene rings is 2. The molecule has 2 aliphatic rings. The molecule has 1 aromatic heterocycles. The van der Waals surface area contributed by atoms with Crippen LogP contribution in [0, 0.1) is 18.8 Å². The quantitative estimate of drug-likeness (QED) is 0.573. The fourth-order valence-corrected chi connectivity index (χ4v) is 4.71. The minimum Gasteiger partial charge on any atom is -0.481 e. The molecule has 0 saturated carbocycles. The van der Waals surface area contributed by atoms with Crippen molar-refractivity contribution in [2.45, 2.75) is 32.7 Å². The number of carbonyl (C=O) groups excluding carboxylic acids is 1. The lowest BCUT2D eigenvalue weighted by atomic mass is 9.82. The Hall–Kier alpha value is -4.00. The molecule has 1 amide bonds. The van der Waals surface area contributed by atoms with Gasteiger partial charge in [-0.3, -0.25) is 19.0 Å². The number of carbonyl (C=O) groups is 2. The van der Waals surface area contributed by atoms with Gasteiger partial charge in [-0.25, -0.2) is 4.98 Å². The van der Waals surface area contributed by atoms with E-state index >= 15 is 0 Å². The predicted molar refractivity (Wildman–Crippen MR) is 131 cm³/mol. The van der Waals surface area contributed by atoms with Crippen LogP contribution in [0.1, 0.15) is 36.2 Å². The van der Waals surface area contributed by atoms with E-state index in [4.69, 9.17) is 4.98 Å². The second-order valence-electron chi connectivity index (χ2n) is 8.94. The fraction of sp³-hybridized carbons (Fsp3) is 0.259. The Labute approximate surface area is 196 Å². The van der Waals surface area contributed by atoms with Crippen molar-refractivity contribution >= 4 is 40.1 Å². The van der Waals surface area contributed by atoms with E-state index in [1.54, 1.807) is 28.8 Å². The molecule has 34 heavy (non-hydrogen) atoms. The zero-order chi connectivity index (χ0) is 23.8. The number of aliphatic carboxylic acids is 1. The Morgan fingerprint density at radius 1 is 1.09 bits per heavy atom. The molecule has 0 spiro atoms. The van der Waals surface area contributed by atoms with Crippen LogP contribution in [-0.4, -0.2) is 26.5 Å². The van der Waals surface area contributed by atoms with Crippen molar-refractivity contribution in [3.05, 3.63) is 81.9 Å². The van der Waals surface area contributed by atoms with E-state index in [1.165, 1.54) is 5.56 Å². The second-order valence-corrected chi connectivity index (χ2v) is 8.94. The molecule has 2 N–H and O–H groups in total. The highest BCUT2D eigenvalue weighted by molar-refractivity contribution is 5.97. The number of aromatic nitrogens is 2. The van der Waals surface area contributed by atoms with Gasteiger partial charge in [0, 0.05) is 12.2 Å². The van der Waals surface area contributed by atoms with E-state index in [9.17, 15) is 19.5 Å². The van der Waals surface area contributed by atoms with Crippen LogP contribution in [0.25, 0.3) is 22.6 Å². The van der Waals surface area contributed by atoms with E-state index in [2.05, 4.69) is 11.4 Å². The molecular formula is C27H25N3O4. The summed E-state index contributed by atoms with van der Waals surface area (Å²) in [6.07, 6.45) is 7.16. The van der Waals surface area contributed by atoms with Crippen molar-refractivity contribution in [1.29, 1.82) is 0 Å². The molecule has 7 nitrogen and oxygen atoms in total. The number of rotatable bonds is 4. The first-order valence-electron chi connectivity index (χ1n) is 11.4. The average molecular weight is 456 g/mol. The van der Waals surface area contributed by atoms with Crippen molar-refractivity contribution in [2.24, 2.45) is 11.8 Å². The van der Waals surface area contributed by atoms with Gasteiger partial charge in [-0.05, 0) is 61.6 Å². The molecule has 2 aromatic carbocycles. The number of amides is 1. The van der Waals surface area contributed by atoms with Crippen molar-refractivity contribution in [3.8, 4) is 0 Å². The van der Waals surface area contributed by atoms with Crippen molar-refractivity contribution in [1.82, 2.24) is 9.55 Å². The number of hydrogen-bond acceptors (Lipinski definition) is 4. The van der Waals surface area contributed by atoms with Gasteiger partial charge in [0.25, 0.3) is 5.56 Å². The number of anilines is 1. The summed E-state index contributed by atoms with van der Waals surface area (Å²) < 4.78 is 1.70. The molecule has 7 heteroatoms. The van der Waals surface area contributed by atoms with E-state index < -0.39 is 17.8 Å². The summed E-state index contributed by atoms with van der Waals surface area (Å²) in [5, 5.41) is 12.8. The summed E-state index contributed by atoms with van der Waals surface area (Å²) in [4.78, 5) is 42.3. The number of aryl methyl sites for hydroxylation is 1. The molecule has 0 saturated heterocycles. The number of nitrogens with zero attached hydrogens (tertiary/aromatic N) is 2. The number of carboxylic acids is 1. The topological polar surface area (TPSA) is 101 Å². The number of hydrogen-bond donors (Lipinski definition) is 2. The SMILES string of the molecule is Cc1ccc(C=C2CCn3c2nc2cc(NC(=O)[C@H]4CC=CC[C@H]4C(=O)O)ccc2c3=O)cc1. The highest BCUT2D eigenvalue weighted by atomic mass is 16.4. The lowest BCUT2D eigenvalue weighted by molar-refractivity contribution is -0.146. The first-order valence-corrected chi connectivity index (χ1v) is 11.4. The first kappa shape index (κ1) is 21.8. The van der Waals surface area contributed by atoms with Gasteiger partial charge in [-0.15, -0.1) is 0 Å². The molecule has 2 atom stereocenters. The van der Waals surface area contributed by atoms with Gasteiger partial charge in [0.1, 0.15) is 5.82 Å². The van der Waals surface area contributed by atoms with E-state index in [0.717, 1.165) is 17.6 Å². The van der Waals surface area contributed by atoms with Gasteiger partial charge in [-0.2, -0.15) is 0 Å². The summed E-state index contributed by atoms with van der Waals surface area (Å²) in [6.45, 7) is 2.62. The van der Waals surface area contributed by atoms with Gasteiger partial charge < -0.3 is 10.4 Å². The molecule has 3 aromatic rings. The molecular weight excluding hydrogens is 430 g/mol. The smallest absolute Gasteiger partial charge is 0.307 e. The number of allylic oxidation sites excluding steroid dienone is 3. The molecule has 0 bridgehead atoms. The largest absolute Gasteiger partial charge is 0.481 e. The highest BCUT2D eigenvalue weighted by Crippen LogP contribution is 2.30. The summed E-state index contributed by atoms with van der Waals surface area (Å²) in [5.74, 6) is -2.05. The normalized spacial score (nSPS) is 20.4. The zero-order valence-corrected chi connectivity index (χ0v) is 18.8. The summed E-state index contributed by atoms with van der Waals surface area (Å²) >= 11 is 0. The third kappa shape index (κ3) is 4.05. The van der Waals surface area contributed by atoms with Crippen LogP contribution in [0.4, 0.5) is 5.69 Å². The van der Waals surface area contributed by atoms with Crippen molar-refractivity contribution < 1.29 is 14.7 Å². The lowest BCUT2D eigenvalue weighted by Crippen LogP contribution is -2.34. The fourth-order valence-electron chi connectivity index (χ4n) is 4.71. The van der Waals surface area contributed by atoms with Gasteiger partial charge >= 0.3 is 5.97 Å². The highest BCUT2D eigenvalue weighted by Gasteiger charge is 2.34. The third-order valence-electron chi connectivity index (χ3n) is 6.62. The molecule has 0 unspecified atom stereocenters. The molecule has 0 radical (unpaired) electrons. The molecule has 172 valence electrons. The molecule has 0 fully saturated rings. The van der Waals surface area contributed by atoms with Crippen LogP contribution in [0.3, 0.4) is 0 Å². The van der Waals surface area contributed by atoms with Crippen LogP contribution in [0.15, 0.2) is 59.4 Å². The molecule has 2 heterocycles. The maximum Gasteiger partial charge on any atom is 0.307 e. The van der Waals surface area contributed by atoms with Crippen LogP contribution in [-0.2, 0) is 16.1 Å². The van der Waals surface area contributed by atoms with Gasteiger partial charge in [0.05, 0.1) is 22.7 Å². The van der Waals surface area contributed by atoms with Crippen LogP contribution >= 0.6 is 0 Å². The second kappa shape index (κ2) is 8.74. The Morgan fingerprint density at radius 3 is 2.56 bits per heavy atom. The Bertz CT molecular complexity index is 1420. The van der Waals surface area contributed by atoms with Gasteiger partial charge in [-0.1, -0.05) is 42.0 Å². The van der Waals surface area contributed by atoms with E-state index in [-0.39, 0.29) is 11.5 Å². The number of nitrogens with one attached hydrogen (secondary N) is 1. The molecule has 1 aliphatic heterocycles. The predicted octanol–water partition coefficient (Wildman–Crippen LogP) is 4.25. The summed E-state index contributed by atoms with van der Waals surface area (Å²) in [7, 11) is 0. The Kier molecular flexibility index (Phi) is 5.61. The Morgan fingerprint density at radius 2 is 1.82 bits per heavy atom. The zero-order valence-electron chi connectivity index (χ0n) is 18.8. The van der Waals surface area contributed by atoms with Gasteiger partial charge in [0.15, 0.2) is 0 Å². The number of carboxylic acid groups (broad SMARTS) is 1. The number of fused-ring (bicyclic) bond motifs is 2. The minimum atomic E-state index is -0.971. The van der Waals surface area contributed by atoms with Crippen LogP contribution in [0.2, 0.25) is 0 Å². The Balaban J connectivity index is 1.47. The monoisotopic (exact) mass is 455 g/mol. The lowest BCUT2D eigenvalue weighted by Gasteiger charge is -2.24. The van der Waals surface area contributed by atoms with Crippen LogP contribution in [0.5, 0.6) is 0 Å².